The number of imide groups is 1. The number of hydrogen-bond acceptors (Lipinski definition) is 4. The Morgan fingerprint density at radius 3 is 2.65 bits per heavy atom. The first-order chi connectivity index (χ1) is 11.1. The zero-order chi connectivity index (χ0) is 16.7. The van der Waals surface area contributed by atoms with E-state index in [2.05, 4.69) is 10.6 Å². The maximum Gasteiger partial charge on any atom is 0.230 e. The molecule has 0 spiro atoms. The van der Waals surface area contributed by atoms with E-state index in [4.69, 9.17) is 4.74 Å². The first kappa shape index (κ1) is 17.1. The molecule has 1 saturated heterocycles. The molecule has 2 rings (SSSR count). The van der Waals surface area contributed by atoms with Crippen LogP contribution in [0.25, 0.3) is 0 Å². The molecule has 1 aromatic rings. The summed E-state index contributed by atoms with van der Waals surface area (Å²) in [5.74, 6) is -0.752. The Hall–Kier alpha value is -2.21. The van der Waals surface area contributed by atoms with E-state index in [0.29, 0.717) is 32.5 Å². The highest BCUT2D eigenvalue weighted by Gasteiger charge is 2.30. The highest BCUT2D eigenvalue weighted by Crippen LogP contribution is 2.19. The average Bonchev–Trinajstić information content (AvgIpc) is 2.83. The molecule has 2 N–H and O–H groups in total. The average molecular weight is 318 g/mol. The van der Waals surface area contributed by atoms with Crippen molar-refractivity contribution in [1.29, 1.82) is 0 Å². The smallest absolute Gasteiger partial charge is 0.230 e. The Bertz CT molecular complexity index is 568. The molecule has 23 heavy (non-hydrogen) atoms. The maximum absolute atomic E-state index is 11.8. The van der Waals surface area contributed by atoms with E-state index < -0.39 is 0 Å². The Kier molecular flexibility index (Phi) is 6.29. The van der Waals surface area contributed by atoms with Crippen LogP contribution in [0.4, 0.5) is 5.69 Å². The molecule has 0 aliphatic carbocycles. The number of amides is 3. The zero-order valence-electron chi connectivity index (χ0n) is 13.3. The summed E-state index contributed by atoms with van der Waals surface area (Å²) >= 11 is 0. The second kappa shape index (κ2) is 8.43. The molecule has 6 nitrogen and oxygen atoms in total. The normalized spacial score (nSPS) is 17.2. The van der Waals surface area contributed by atoms with E-state index in [0.717, 1.165) is 11.3 Å². The van der Waals surface area contributed by atoms with Gasteiger partial charge < -0.3 is 10.1 Å². The third-order valence-corrected chi connectivity index (χ3v) is 3.68. The minimum absolute atomic E-state index is 0.0433. The topological polar surface area (TPSA) is 84.5 Å². The fourth-order valence-electron chi connectivity index (χ4n) is 2.48. The molecule has 1 unspecified atom stereocenters. The van der Waals surface area contributed by atoms with Crippen LogP contribution >= 0.6 is 0 Å². The molecule has 1 heterocycles. The van der Waals surface area contributed by atoms with Crippen LogP contribution in [0.2, 0.25) is 0 Å². The van der Waals surface area contributed by atoms with Gasteiger partial charge in [-0.2, -0.15) is 0 Å². The van der Waals surface area contributed by atoms with E-state index in [-0.39, 0.29) is 30.1 Å². The minimum atomic E-state index is -0.290. The fraction of sp³-hybridized carbons (Fsp3) is 0.471. The summed E-state index contributed by atoms with van der Waals surface area (Å²) in [7, 11) is 0. The molecule has 6 heteroatoms. The summed E-state index contributed by atoms with van der Waals surface area (Å²) in [6.45, 7) is 3.17. The highest BCUT2D eigenvalue weighted by molar-refractivity contribution is 6.03. The fourth-order valence-corrected chi connectivity index (χ4v) is 2.48. The van der Waals surface area contributed by atoms with Crippen molar-refractivity contribution in [2.75, 3.05) is 18.5 Å². The second-order valence-corrected chi connectivity index (χ2v) is 5.56. The molecule has 1 atom stereocenters. The van der Waals surface area contributed by atoms with Gasteiger partial charge >= 0.3 is 0 Å². The predicted molar refractivity (Wildman–Crippen MR) is 85.8 cm³/mol. The van der Waals surface area contributed by atoms with Crippen LogP contribution in [0.15, 0.2) is 24.3 Å². The number of ether oxygens (including phenoxy) is 1. The Morgan fingerprint density at radius 1 is 1.30 bits per heavy atom. The summed E-state index contributed by atoms with van der Waals surface area (Å²) in [6.07, 6.45) is 1.89. The quantitative estimate of drug-likeness (QED) is 0.564. The molecule has 1 aliphatic heterocycles. The summed E-state index contributed by atoms with van der Waals surface area (Å²) in [5, 5.41) is 5.14. The van der Waals surface area contributed by atoms with Crippen molar-refractivity contribution in [3.63, 3.8) is 0 Å². The van der Waals surface area contributed by atoms with E-state index in [1.54, 1.807) is 0 Å². The van der Waals surface area contributed by atoms with Crippen molar-refractivity contribution in [1.82, 2.24) is 5.32 Å². The first-order valence-electron chi connectivity index (χ1n) is 7.88. The lowest BCUT2D eigenvalue weighted by Gasteiger charge is -2.08. The van der Waals surface area contributed by atoms with Gasteiger partial charge in [0.1, 0.15) is 0 Å². The van der Waals surface area contributed by atoms with E-state index >= 15 is 0 Å². The van der Waals surface area contributed by atoms with E-state index in [9.17, 15) is 14.4 Å². The standard InChI is InChI=1S/C17H22N2O4/c1-2-23-9-3-4-15(20)18-14-7-5-12(6-8-14)10-13-11-16(21)19-17(13)22/h5-8,13H,2-4,9-11H2,1H3,(H,18,20)(H,19,21,22). The van der Waals surface area contributed by atoms with Gasteiger partial charge in [0.25, 0.3) is 0 Å². The number of carbonyl (C=O) groups is 3. The summed E-state index contributed by atoms with van der Waals surface area (Å²) in [5.41, 5.74) is 1.69. The van der Waals surface area contributed by atoms with Crippen molar-refractivity contribution in [3.05, 3.63) is 29.8 Å². The monoisotopic (exact) mass is 318 g/mol. The first-order valence-corrected chi connectivity index (χ1v) is 7.88. The number of benzene rings is 1. The van der Waals surface area contributed by atoms with Gasteiger partial charge in [-0.25, -0.2) is 0 Å². The SMILES string of the molecule is CCOCCCC(=O)Nc1ccc(CC2CC(=O)NC2=O)cc1. The van der Waals surface area contributed by atoms with Crippen LogP contribution < -0.4 is 10.6 Å². The van der Waals surface area contributed by atoms with Gasteiger partial charge in [0, 0.05) is 31.7 Å². The molecule has 0 bridgehead atoms. The second-order valence-electron chi connectivity index (χ2n) is 5.56. The van der Waals surface area contributed by atoms with Crippen LogP contribution in [-0.4, -0.2) is 30.9 Å². The summed E-state index contributed by atoms with van der Waals surface area (Å²) < 4.78 is 5.19. The lowest BCUT2D eigenvalue weighted by atomic mass is 9.98. The minimum Gasteiger partial charge on any atom is -0.382 e. The van der Waals surface area contributed by atoms with Crippen LogP contribution in [0.1, 0.15) is 31.7 Å². The van der Waals surface area contributed by atoms with Crippen LogP contribution in [0.3, 0.4) is 0 Å². The third kappa shape index (κ3) is 5.49. The Morgan fingerprint density at radius 2 is 2.04 bits per heavy atom. The number of nitrogens with one attached hydrogen (secondary N) is 2. The van der Waals surface area contributed by atoms with Crippen molar-refractivity contribution in [2.24, 2.45) is 5.92 Å². The van der Waals surface area contributed by atoms with Gasteiger partial charge in [-0.15, -0.1) is 0 Å². The van der Waals surface area contributed by atoms with Gasteiger partial charge in [0.2, 0.25) is 17.7 Å². The third-order valence-electron chi connectivity index (χ3n) is 3.68. The van der Waals surface area contributed by atoms with Crippen LogP contribution in [0.5, 0.6) is 0 Å². The lowest BCUT2D eigenvalue weighted by Crippen LogP contribution is -2.22. The molecule has 124 valence electrons. The maximum atomic E-state index is 11.8. The molecule has 1 aromatic carbocycles. The lowest BCUT2D eigenvalue weighted by molar-refractivity contribution is -0.125. The number of carbonyl (C=O) groups excluding carboxylic acids is 3. The largest absolute Gasteiger partial charge is 0.382 e. The number of rotatable bonds is 8. The van der Waals surface area contributed by atoms with E-state index in [1.807, 2.05) is 31.2 Å². The summed E-state index contributed by atoms with van der Waals surface area (Å²) in [4.78, 5) is 34.5. The number of anilines is 1. The van der Waals surface area contributed by atoms with Crippen molar-refractivity contribution >= 4 is 23.4 Å². The summed E-state index contributed by atoms with van der Waals surface area (Å²) in [6, 6.07) is 7.35. The Labute approximate surface area is 135 Å². The molecule has 3 amide bonds. The molecule has 0 aromatic heterocycles. The highest BCUT2D eigenvalue weighted by atomic mass is 16.5. The van der Waals surface area contributed by atoms with Gasteiger partial charge in [-0.1, -0.05) is 12.1 Å². The molecule has 0 saturated carbocycles. The van der Waals surface area contributed by atoms with Crippen LogP contribution in [0, 0.1) is 5.92 Å². The molecule has 1 aliphatic rings. The van der Waals surface area contributed by atoms with Crippen molar-refractivity contribution in [3.8, 4) is 0 Å². The zero-order valence-corrected chi connectivity index (χ0v) is 13.3. The van der Waals surface area contributed by atoms with Crippen LogP contribution in [-0.2, 0) is 25.5 Å². The van der Waals surface area contributed by atoms with Crippen molar-refractivity contribution in [2.45, 2.75) is 32.6 Å². The van der Waals surface area contributed by atoms with Gasteiger partial charge in [0.15, 0.2) is 0 Å². The Balaban J connectivity index is 1.79. The molecular weight excluding hydrogens is 296 g/mol. The van der Waals surface area contributed by atoms with E-state index in [1.165, 1.54) is 0 Å². The van der Waals surface area contributed by atoms with Gasteiger partial charge in [-0.05, 0) is 37.5 Å². The molecular formula is C17H22N2O4. The van der Waals surface area contributed by atoms with Gasteiger partial charge in [0.05, 0.1) is 5.92 Å². The predicted octanol–water partition coefficient (Wildman–Crippen LogP) is 1.65. The molecule has 0 radical (unpaired) electrons. The molecule has 1 fully saturated rings. The van der Waals surface area contributed by atoms with Gasteiger partial charge in [-0.3, -0.25) is 19.7 Å². The van der Waals surface area contributed by atoms with Crippen molar-refractivity contribution < 1.29 is 19.1 Å². The number of hydrogen-bond donors (Lipinski definition) is 2.